The Balaban J connectivity index is 1.84. The molecule has 0 aromatic rings. The number of rotatable bonds is 3. The van der Waals surface area contributed by atoms with Crippen LogP contribution in [-0.4, -0.2) is 23.5 Å². The summed E-state index contributed by atoms with van der Waals surface area (Å²) in [7, 11) is 0. The van der Waals surface area contributed by atoms with Gasteiger partial charge >= 0.3 is 6.18 Å². The van der Waals surface area contributed by atoms with Crippen molar-refractivity contribution in [2.45, 2.75) is 51.1 Å². The Bertz CT molecular complexity index is 310. The van der Waals surface area contributed by atoms with Crippen LogP contribution in [0.5, 0.6) is 0 Å². The Morgan fingerprint density at radius 2 is 1.79 bits per heavy atom. The monoisotopic (exact) mass is 294 g/mol. The lowest BCUT2D eigenvalue weighted by atomic mass is 9.77. The molecule has 2 rings (SSSR count). The molecule has 0 N–H and O–H groups in total. The van der Waals surface area contributed by atoms with E-state index in [0.29, 0.717) is 25.2 Å². The van der Waals surface area contributed by atoms with Crippen LogP contribution in [0, 0.1) is 17.8 Å². The highest BCUT2D eigenvalue weighted by molar-refractivity contribution is 7.99. The molecule has 2 unspecified atom stereocenters. The number of Topliss-reactive ketones (excluding diaryl/α,β-unsaturated/α-hetero) is 1. The minimum absolute atomic E-state index is 0.0316. The second-order valence-corrected chi connectivity index (χ2v) is 7.05. The second kappa shape index (κ2) is 6.51. The molecular weight excluding hydrogens is 273 g/mol. The summed E-state index contributed by atoms with van der Waals surface area (Å²) >= 11 is 1.91. The van der Waals surface area contributed by atoms with E-state index in [0.717, 1.165) is 24.3 Å². The molecule has 1 heterocycles. The Labute approximate surface area is 116 Å². The highest BCUT2D eigenvalue weighted by Crippen LogP contribution is 2.41. The van der Waals surface area contributed by atoms with Crippen LogP contribution in [0.4, 0.5) is 13.2 Å². The van der Waals surface area contributed by atoms with Crippen LogP contribution in [0.1, 0.15) is 44.9 Å². The summed E-state index contributed by atoms with van der Waals surface area (Å²) in [5, 5.41) is 0. The number of carbonyl (C=O) groups is 1. The molecule has 2 aliphatic rings. The molecule has 1 aliphatic heterocycles. The number of carbonyl (C=O) groups excluding carboxylic acids is 1. The first-order valence-electron chi connectivity index (χ1n) is 7.14. The van der Waals surface area contributed by atoms with Crippen molar-refractivity contribution >= 4 is 17.5 Å². The first kappa shape index (κ1) is 15.2. The van der Waals surface area contributed by atoms with Gasteiger partial charge in [0.2, 0.25) is 0 Å². The summed E-state index contributed by atoms with van der Waals surface area (Å²) in [6.07, 6.45) is -0.0843. The maximum absolute atomic E-state index is 12.7. The quantitative estimate of drug-likeness (QED) is 0.764. The molecule has 0 aromatic heterocycles. The maximum atomic E-state index is 12.7. The van der Waals surface area contributed by atoms with Crippen molar-refractivity contribution in [1.82, 2.24) is 0 Å². The summed E-state index contributed by atoms with van der Waals surface area (Å²) in [5.74, 6) is 1.10. The van der Waals surface area contributed by atoms with E-state index < -0.39 is 12.1 Å². The lowest BCUT2D eigenvalue weighted by molar-refractivity contribution is -0.186. The molecule has 1 saturated carbocycles. The summed E-state index contributed by atoms with van der Waals surface area (Å²) in [6, 6.07) is 0. The first-order valence-corrected chi connectivity index (χ1v) is 8.29. The molecule has 1 aliphatic carbocycles. The third-order valence-corrected chi connectivity index (χ3v) is 5.47. The highest BCUT2D eigenvalue weighted by atomic mass is 32.2. The first-order chi connectivity index (χ1) is 8.97. The Kier molecular flexibility index (Phi) is 5.21. The summed E-state index contributed by atoms with van der Waals surface area (Å²) < 4.78 is 38.2. The fraction of sp³-hybridized carbons (Fsp3) is 0.929. The molecule has 0 spiro atoms. The van der Waals surface area contributed by atoms with Crippen LogP contribution in [0.2, 0.25) is 0 Å². The maximum Gasteiger partial charge on any atom is 0.391 e. The van der Waals surface area contributed by atoms with Crippen LogP contribution in [0.15, 0.2) is 0 Å². The van der Waals surface area contributed by atoms with E-state index in [4.69, 9.17) is 0 Å². The Morgan fingerprint density at radius 1 is 1.11 bits per heavy atom. The number of alkyl halides is 3. The van der Waals surface area contributed by atoms with Crippen molar-refractivity contribution in [3.8, 4) is 0 Å². The van der Waals surface area contributed by atoms with E-state index in [1.165, 1.54) is 0 Å². The molecule has 0 aromatic carbocycles. The normalized spacial score (nSPS) is 30.3. The van der Waals surface area contributed by atoms with Crippen LogP contribution >= 0.6 is 11.8 Å². The van der Waals surface area contributed by atoms with E-state index in [2.05, 4.69) is 0 Å². The average Bonchev–Trinajstić information content (AvgIpc) is 2.39. The van der Waals surface area contributed by atoms with E-state index in [9.17, 15) is 18.0 Å². The topological polar surface area (TPSA) is 17.1 Å². The summed E-state index contributed by atoms with van der Waals surface area (Å²) in [6.45, 7) is 0. The Hall–Kier alpha value is -0.190. The molecule has 0 amide bonds. The standard InChI is InChI=1S/C14H21F3OS/c15-14(16,17)12-3-1-2-11(9-12)13(18)8-10-4-6-19-7-5-10/h10-12H,1-9H2. The zero-order valence-corrected chi connectivity index (χ0v) is 11.9. The van der Waals surface area contributed by atoms with Crippen LogP contribution in [0.25, 0.3) is 0 Å². The lowest BCUT2D eigenvalue weighted by Gasteiger charge is -2.31. The number of ketones is 1. The minimum atomic E-state index is -4.12. The molecule has 0 radical (unpaired) electrons. The van der Waals surface area contributed by atoms with Crippen molar-refractivity contribution in [2.75, 3.05) is 11.5 Å². The van der Waals surface area contributed by atoms with Crippen molar-refractivity contribution in [3.05, 3.63) is 0 Å². The van der Waals surface area contributed by atoms with Gasteiger partial charge in [0.1, 0.15) is 5.78 Å². The number of hydrogen-bond donors (Lipinski definition) is 0. The van der Waals surface area contributed by atoms with Crippen LogP contribution < -0.4 is 0 Å². The number of hydrogen-bond acceptors (Lipinski definition) is 2. The third kappa shape index (κ3) is 4.40. The molecule has 1 saturated heterocycles. The van der Waals surface area contributed by atoms with Crippen LogP contribution in [0.3, 0.4) is 0 Å². The van der Waals surface area contributed by atoms with Gasteiger partial charge in [0.15, 0.2) is 0 Å². The van der Waals surface area contributed by atoms with E-state index in [1.807, 2.05) is 11.8 Å². The van der Waals surface area contributed by atoms with Crippen molar-refractivity contribution < 1.29 is 18.0 Å². The van der Waals surface area contributed by atoms with Crippen molar-refractivity contribution in [1.29, 1.82) is 0 Å². The zero-order chi connectivity index (χ0) is 13.9. The minimum Gasteiger partial charge on any atom is -0.299 e. The predicted molar refractivity (Wildman–Crippen MR) is 71.2 cm³/mol. The fourth-order valence-electron chi connectivity index (χ4n) is 3.18. The molecule has 2 atom stereocenters. The van der Waals surface area contributed by atoms with E-state index >= 15 is 0 Å². The molecule has 5 heteroatoms. The molecular formula is C14H21F3OS. The van der Waals surface area contributed by atoms with Gasteiger partial charge in [-0.2, -0.15) is 24.9 Å². The largest absolute Gasteiger partial charge is 0.391 e. The predicted octanol–water partition coefficient (Wildman–Crippen LogP) is 4.46. The van der Waals surface area contributed by atoms with Gasteiger partial charge in [0.05, 0.1) is 5.92 Å². The van der Waals surface area contributed by atoms with Crippen molar-refractivity contribution in [3.63, 3.8) is 0 Å². The molecule has 19 heavy (non-hydrogen) atoms. The lowest BCUT2D eigenvalue weighted by Crippen LogP contribution is -2.32. The SMILES string of the molecule is O=C(CC1CCSCC1)C1CCCC(C(F)(F)F)C1. The average molecular weight is 294 g/mol. The van der Waals surface area contributed by atoms with Gasteiger partial charge in [-0.1, -0.05) is 6.42 Å². The molecule has 1 nitrogen and oxygen atoms in total. The molecule has 2 fully saturated rings. The van der Waals surface area contributed by atoms with Gasteiger partial charge in [0.25, 0.3) is 0 Å². The zero-order valence-electron chi connectivity index (χ0n) is 11.0. The number of thioether (sulfide) groups is 1. The van der Waals surface area contributed by atoms with Gasteiger partial charge in [-0.25, -0.2) is 0 Å². The highest BCUT2D eigenvalue weighted by Gasteiger charge is 2.43. The van der Waals surface area contributed by atoms with Crippen molar-refractivity contribution in [2.24, 2.45) is 17.8 Å². The van der Waals surface area contributed by atoms with Gasteiger partial charge in [0, 0.05) is 12.3 Å². The van der Waals surface area contributed by atoms with E-state index in [1.54, 1.807) is 0 Å². The smallest absolute Gasteiger partial charge is 0.299 e. The van der Waals surface area contributed by atoms with Gasteiger partial charge in [-0.3, -0.25) is 4.79 Å². The second-order valence-electron chi connectivity index (χ2n) is 5.83. The van der Waals surface area contributed by atoms with Gasteiger partial charge < -0.3 is 0 Å². The summed E-state index contributed by atoms with van der Waals surface area (Å²) in [5.41, 5.74) is 0. The van der Waals surface area contributed by atoms with Gasteiger partial charge in [-0.15, -0.1) is 0 Å². The van der Waals surface area contributed by atoms with Gasteiger partial charge in [-0.05, 0) is 49.5 Å². The van der Waals surface area contributed by atoms with E-state index in [-0.39, 0.29) is 24.5 Å². The van der Waals surface area contributed by atoms with Crippen LogP contribution in [-0.2, 0) is 4.79 Å². The molecule has 110 valence electrons. The third-order valence-electron chi connectivity index (χ3n) is 4.42. The molecule has 0 bridgehead atoms. The summed E-state index contributed by atoms with van der Waals surface area (Å²) in [4.78, 5) is 12.2. The Morgan fingerprint density at radius 3 is 2.42 bits per heavy atom. The fourth-order valence-corrected chi connectivity index (χ4v) is 4.39. The number of halogens is 3.